The largest absolute Gasteiger partial charge is 0.392 e. The Kier molecular flexibility index (Phi) is 3.07. The van der Waals surface area contributed by atoms with E-state index < -0.39 is 0 Å². The summed E-state index contributed by atoms with van der Waals surface area (Å²) in [6.07, 6.45) is 0. The highest BCUT2D eigenvalue weighted by Crippen LogP contribution is 2.34. The molecular weight excluding hydrogens is 272 g/mol. The predicted molar refractivity (Wildman–Crippen MR) is 90.8 cm³/mol. The fourth-order valence-electron chi connectivity index (χ4n) is 3.40. The standard InChI is InChI=1S/C20H16O2/c21-11-15-5-1-3-13-7-9-18-17(19(13)15)10-8-14-4-2-6-16(12-22)20(14)18/h1-10,21-22H,11-12H2. The van der Waals surface area contributed by atoms with Crippen LogP contribution < -0.4 is 0 Å². The SMILES string of the molecule is OCc1cccc2ccc3c(ccc4cccc(CO)c43)c12. The van der Waals surface area contributed by atoms with Crippen molar-refractivity contribution in [1.29, 1.82) is 0 Å². The van der Waals surface area contributed by atoms with Gasteiger partial charge < -0.3 is 10.2 Å². The predicted octanol–water partition coefficient (Wildman–Crippen LogP) is 4.13. The summed E-state index contributed by atoms with van der Waals surface area (Å²) < 4.78 is 0. The van der Waals surface area contributed by atoms with Gasteiger partial charge in [0.15, 0.2) is 0 Å². The van der Waals surface area contributed by atoms with Crippen LogP contribution in [0.4, 0.5) is 0 Å². The van der Waals surface area contributed by atoms with Crippen molar-refractivity contribution in [2.24, 2.45) is 0 Å². The first-order valence-electron chi connectivity index (χ1n) is 7.40. The lowest BCUT2D eigenvalue weighted by molar-refractivity contribution is 0.283. The molecule has 108 valence electrons. The molecule has 0 radical (unpaired) electrons. The van der Waals surface area contributed by atoms with Crippen molar-refractivity contribution in [1.82, 2.24) is 0 Å². The molecule has 0 heterocycles. The van der Waals surface area contributed by atoms with E-state index in [9.17, 15) is 10.2 Å². The highest BCUT2D eigenvalue weighted by Gasteiger charge is 2.09. The molecule has 0 fully saturated rings. The van der Waals surface area contributed by atoms with E-state index in [0.717, 1.165) is 43.4 Å². The summed E-state index contributed by atoms with van der Waals surface area (Å²) in [7, 11) is 0. The van der Waals surface area contributed by atoms with Crippen molar-refractivity contribution < 1.29 is 10.2 Å². The molecule has 0 aliphatic rings. The Morgan fingerprint density at radius 3 is 1.41 bits per heavy atom. The van der Waals surface area contributed by atoms with Crippen molar-refractivity contribution >= 4 is 32.3 Å². The number of hydrogen-bond donors (Lipinski definition) is 2. The van der Waals surface area contributed by atoms with Crippen LogP contribution in [0, 0.1) is 0 Å². The minimum Gasteiger partial charge on any atom is -0.392 e. The van der Waals surface area contributed by atoms with Crippen LogP contribution in [-0.4, -0.2) is 10.2 Å². The van der Waals surface area contributed by atoms with E-state index in [0.29, 0.717) is 0 Å². The van der Waals surface area contributed by atoms with Crippen LogP contribution in [0.25, 0.3) is 32.3 Å². The monoisotopic (exact) mass is 288 g/mol. The van der Waals surface area contributed by atoms with Gasteiger partial charge in [0.05, 0.1) is 13.2 Å². The Balaban J connectivity index is 2.27. The number of benzene rings is 4. The van der Waals surface area contributed by atoms with Gasteiger partial charge in [-0.25, -0.2) is 0 Å². The molecule has 22 heavy (non-hydrogen) atoms. The van der Waals surface area contributed by atoms with E-state index in [1.54, 1.807) is 0 Å². The quantitative estimate of drug-likeness (QED) is 0.544. The zero-order chi connectivity index (χ0) is 15.1. The van der Waals surface area contributed by atoms with Crippen LogP contribution >= 0.6 is 0 Å². The molecule has 0 aromatic heterocycles. The molecule has 0 aliphatic heterocycles. The van der Waals surface area contributed by atoms with E-state index in [1.807, 2.05) is 24.3 Å². The van der Waals surface area contributed by atoms with E-state index in [2.05, 4.69) is 36.4 Å². The van der Waals surface area contributed by atoms with Crippen LogP contribution in [-0.2, 0) is 13.2 Å². The van der Waals surface area contributed by atoms with E-state index in [-0.39, 0.29) is 13.2 Å². The second kappa shape index (κ2) is 5.09. The average Bonchev–Trinajstić information content (AvgIpc) is 2.59. The zero-order valence-electron chi connectivity index (χ0n) is 12.1. The van der Waals surface area contributed by atoms with Crippen LogP contribution in [0.15, 0.2) is 60.7 Å². The molecule has 2 nitrogen and oxygen atoms in total. The molecule has 4 aromatic rings. The Labute approximate surface area is 128 Å². The molecule has 2 N–H and O–H groups in total. The van der Waals surface area contributed by atoms with Gasteiger partial charge in [-0.05, 0) is 43.4 Å². The lowest BCUT2D eigenvalue weighted by atomic mass is 9.93. The van der Waals surface area contributed by atoms with Gasteiger partial charge in [0, 0.05) is 0 Å². The maximum Gasteiger partial charge on any atom is 0.0688 e. The molecule has 4 rings (SSSR count). The molecule has 0 aliphatic carbocycles. The molecule has 0 spiro atoms. The van der Waals surface area contributed by atoms with E-state index in [1.165, 1.54) is 0 Å². The molecule has 4 aromatic carbocycles. The second-order valence-corrected chi connectivity index (χ2v) is 5.57. The van der Waals surface area contributed by atoms with Gasteiger partial charge in [-0.15, -0.1) is 0 Å². The van der Waals surface area contributed by atoms with Gasteiger partial charge in [-0.2, -0.15) is 0 Å². The summed E-state index contributed by atoms with van der Waals surface area (Å²) in [4.78, 5) is 0. The average molecular weight is 288 g/mol. The molecule has 0 atom stereocenters. The van der Waals surface area contributed by atoms with Crippen LogP contribution in [0.5, 0.6) is 0 Å². The van der Waals surface area contributed by atoms with Crippen molar-refractivity contribution in [2.45, 2.75) is 13.2 Å². The second-order valence-electron chi connectivity index (χ2n) is 5.57. The first-order chi connectivity index (χ1) is 10.8. The minimum atomic E-state index is 0.0239. The van der Waals surface area contributed by atoms with E-state index >= 15 is 0 Å². The number of rotatable bonds is 2. The molecular formula is C20H16O2. The molecule has 0 bridgehead atoms. The number of fused-ring (bicyclic) bond motifs is 5. The third-order valence-electron chi connectivity index (χ3n) is 4.39. The molecule has 2 heteroatoms. The van der Waals surface area contributed by atoms with Crippen LogP contribution in [0.1, 0.15) is 11.1 Å². The van der Waals surface area contributed by atoms with Crippen molar-refractivity contribution in [3.63, 3.8) is 0 Å². The maximum atomic E-state index is 9.67. The summed E-state index contributed by atoms with van der Waals surface area (Å²) in [5, 5.41) is 26.0. The van der Waals surface area contributed by atoms with Crippen LogP contribution in [0.3, 0.4) is 0 Å². The van der Waals surface area contributed by atoms with Crippen molar-refractivity contribution in [3.05, 3.63) is 71.8 Å². The Bertz CT molecular complexity index is 919. The summed E-state index contributed by atoms with van der Waals surface area (Å²) in [6.45, 7) is 0.0479. The number of aliphatic hydroxyl groups is 2. The van der Waals surface area contributed by atoms with E-state index in [4.69, 9.17) is 0 Å². The lowest BCUT2D eigenvalue weighted by Gasteiger charge is -2.12. The Morgan fingerprint density at radius 2 is 1.00 bits per heavy atom. The molecule has 0 amide bonds. The molecule has 0 saturated carbocycles. The summed E-state index contributed by atoms with van der Waals surface area (Å²) in [6, 6.07) is 20.4. The third-order valence-corrected chi connectivity index (χ3v) is 4.39. The Hall–Kier alpha value is -2.42. The highest BCUT2D eigenvalue weighted by atomic mass is 16.3. The normalized spacial score (nSPS) is 11.5. The topological polar surface area (TPSA) is 40.5 Å². The smallest absolute Gasteiger partial charge is 0.0688 e. The van der Waals surface area contributed by atoms with Gasteiger partial charge in [-0.3, -0.25) is 0 Å². The molecule has 0 unspecified atom stereocenters. The highest BCUT2D eigenvalue weighted by molar-refractivity contribution is 6.18. The summed E-state index contributed by atoms with van der Waals surface area (Å²) in [5.41, 5.74) is 1.87. The van der Waals surface area contributed by atoms with Gasteiger partial charge in [0.1, 0.15) is 0 Å². The number of hydrogen-bond acceptors (Lipinski definition) is 2. The van der Waals surface area contributed by atoms with Gasteiger partial charge in [0.25, 0.3) is 0 Å². The molecule has 0 saturated heterocycles. The minimum absolute atomic E-state index is 0.0239. The maximum absolute atomic E-state index is 9.67. The fourth-order valence-corrected chi connectivity index (χ4v) is 3.40. The first-order valence-corrected chi connectivity index (χ1v) is 7.40. The Morgan fingerprint density at radius 1 is 0.545 bits per heavy atom. The van der Waals surface area contributed by atoms with Gasteiger partial charge >= 0.3 is 0 Å². The summed E-state index contributed by atoms with van der Waals surface area (Å²) >= 11 is 0. The summed E-state index contributed by atoms with van der Waals surface area (Å²) in [5.74, 6) is 0. The lowest BCUT2D eigenvalue weighted by Crippen LogP contribution is -1.90. The van der Waals surface area contributed by atoms with Crippen molar-refractivity contribution in [2.75, 3.05) is 0 Å². The van der Waals surface area contributed by atoms with Gasteiger partial charge in [-0.1, -0.05) is 60.7 Å². The van der Waals surface area contributed by atoms with Crippen LogP contribution in [0.2, 0.25) is 0 Å². The zero-order valence-corrected chi connectivity index (χ0v) is 12.1. The number of aliphatic hydroxyl groups excluding tert-OH is 2. The third kappa shape index (κ3) is 1.82. The van der Waals surface area contributed by atoms with Gasteiger partial charge in [0.2, 0.25) is 0 Å². The van der Waals surface area contributed by atoms with Crippen molar-refractivity contribution in [3.8, 4) is 0 Å². The first kappa shape index (κ1) is 13.3. The fraction of sp³-hybridized carbons (Fsp3) is 0.100.